The van der Waals surface area contributed by atoms with Gasteiger partial charge >= 0.3 is 0 Å². The highest BCUT2D eigenvalue weighted by Crippen LogP contribution is 2.30. The largest absolute Gasteiger partial charge is 0.335 e. The molecule has 0 aliphatic carbocycles. The molecular formula is C21H14Cl2N4S. The summed E-state index contributed by atoms with van der Waals surface area (Å²) in [5.74, 6) is 2.67. The number of anilines is 1. The van der Waals surface area contributed by atoms with Crippen LogP contribution >= 0.6 is 34.5 Å². The zero-order valence-corrected chi connectivity index (χ0v) is 16.9. The van der Waals surface area contributed by atoms with Crippen molar-refractivity contribution in [3.63, 3.8) is 0 Å². The first-order valence-electron chi connectivity index (χ1n) is 8.37. The molecule has 2 heterocycles. The molecule has 0 atom stereocenters. The van der Waals surface area contributed by atoms with E-state index in [1.165, 1.54) is 11.3 Å². The van der Waals surface area contributed by atoms with Crippen molar-refractivity contribution in [2.45, 2.75) is 6.54 Å². The highest BCUT2D eigenvalue weighted by molar-refractivity contribution is 7.14. The van der Waals surface area contributed by atoms with Crippen LogP contribution in [-0.4, -0.2) is 15.8 Å². The predicted molar refractivity (Wildman–Crippen MR) is 120 cm³/mol. The van der Waals surface area contributed by atoms with E-state index < -0.39 is 0 Å². The van der Waals surface area contributed by atoms with Crippen molar-refractivity contribution in [3.05, 3.63) is 69.7 Å². The van der Waals surface area contributed by atoms with Gasteiger partial charge in [0.05, 0.1) is 28.5 Å². The van der Waals surface area contributed by atoms with Gasteiger partial charge in [0.2, 0.25) is 5.13 Å². The van der Waals surface area contributed by atoms with Crippen LogP contribution in [-0.2, 0) is 6.54 Å². The number of nitrogens with zero attached hydrogens (tertiary/aromatic N) is 3. The summed E-state index contributed by atoms with van der Waals surface area (Å²) in [7, 11) is 0. The van der Waals surface area contributed by atoms with Crippen molar-refractivity contribution in [1.29, 1.82) is 0 Å². The lowest BCUT2D eigenvalue weighted by Gasteiger charge is -1.99. The van der Waals surface area contributed by atoms with E-state index >= 15 is 0 Å². The number of fused-ring (bicyclic) bond motifs is 1. The quantitative estimate of drug-likeness (QED) is 0.237. The van der Waals surface area contributed by atoms with Crippen LogP contribution in [0.2, 0.25) is 10.0 Å². The molecule has 4 aromatic rings. The first kappa shape index (κ1) is 18.6. The molecule has 0 saturated carbocycles. The fourth-order valence-electron chi connectivity index (χ4n) is 2.88. The Bertz CT molecular complexity index is 1220. The van der Waals surface area contributed by atoms with E-state index in [0.29, 0.717) is 21.7 Å². The van der Waals surface area contributed by atoms with Crippen LogP contribution in [0.3, 0.4) is 0 Å². The molecule has 0 spiro atoms. The molecule has 0 aliphatic heterocycles. The molecular weight excluding hydrogens is 411 g/mol. The highest BCUT2D eigenvalue weighted by Gasteiger charge is 2.08. The average molecular weight is 425 g/mol. The van der Waals surface area contributed by atoms with E-state index in [-0.39, 0.29) is 0 Å². The lowest BCUT2D eigenvalue weighted by Crippen LogP contribution is -1.92. The Balaban J connectivity index is 1.53. The van der Waals surface area contributed by atoms with Crippen molar-refractivity contribution >= 4 is 56.8 Å². The third-order valence-corrected chi connectivity index (χ3v) is 5.65. The van der Waals surface area contributed by atoms with Gasteiger partial charge in [-0.1, -0.05) is 53.4 Å². The molecule has 4 nitrogen and oxygen atoms in total. The highest BCUT2D eigenvalue weighted by atomic mass is 35.5. The van der Waals surface area contributed by atoms with E-state index in [9.17, 15) is 0 Å². The summed E-state index contributed by atoms with van der Waals surface area (Å²) >= 11 is 13.5. The fraction of sp³-hybridized carbons (Fsp3) is 0.0476. The lowest BCUT2D eigenvalue weighted by atomic mass is 10.2. The number of terminal acetylenes is 1. The topological polar surface area (TPSA) is 42.2 Å². The van der Waals surface area contributed by atoms with Gasteiger partial charge < -0.3 is 4.57 Å². The van der Waals surface area contributed by atoms with Crippen LogP contribution in [0.1, 0.15) is 5.56 Å². The first-order valence-corrected chi connectivity index (χ1v) is 10.0. The standard InChI is InChI=1S/C21H14Cl2N4S/c1-2-9-27-12-15(16-5-3-4-6-20(16)27)11-24-26-21-25-19(13-28-21)14-7-8-17(22)18(23)10-14/h1,3-8,10-13H,9H2,(H,25,26). The molecule has 28 heavy (non-hydrogen) atoms. The second kappa shape index (κ2) is 8.07. The lowest BCUT2D eigenvalue weighted by molar-refractivity contribution is 0.886. The Morgan fingerprint density at radius 1 is 1.21 bits per heavy atom. The summed E-state index contributed by atoms with van der Waals surface area (Å²) < 4.78 is 2.03. The zero-order valence-electron chi connectivity index (χ0n) is 14.6. The van der Waals surface area contributed by atoms with Gasteiger partial charge in [-0.3, -0.25) is 5.43 Å². The van der Waals surface area contributed by atoms with Crippen molar-refractivity contribution in [3.8, 4) is 23.6 Å². The van der Waals surface area contributed by atoms with Crippen LogP contribution in [0.25, 0.3) is 22.2 Å². The Hall–Kier alpha value is -2.78. The van der Waals surface area contributed by atoms with Gasteiger partial charge in [0, 0.05) is 33.6 Å². The van der Waals surface area contributed by atoms with Crippen LogP contribution in [0.5, 0.6) is 0 Å². The van der Waals surface area contributed by atoms with E-state index in [1.54, 1.807) is 18.3 Å². The number of halogens is 2. The number of hydrazone groups is 1. The molecule has 0 amide bonds. The molecule has 0 saturated heterocycles. The molecule has 0 unspecified atom stereocenters. The summed E-state index contributed by atoms with van der Waals surface area (Å²) in [5.41, 5.74) is 6.77. The molecule has 2 aromatic carbocycles. The van der Waals surface area contributed by atoms with Gasteiger partial charge in [-0.2, -0.15) is 5.10 Å². The van der Waals surface area contributed by atoms with Gasteiger partial charge in [0.25, 0.3) is 0 Å². The Morgan fingerprint density at radius 3 is 2.89 bits per heavy atom. The van der Waals surface area contributed by atoms with Crippen LogP contribution in [0.4, 0.5) is 5.13 Å². The maximum absolute atomic E-state index is 6.08. The minimum absolute atomic E-state index is 0.503. The first-order chi connectivity index (χ1) is 13.7. The third-order valence-electron chi connectivity index (χ3n) is 4.16. The number of para-hydroxylation sites is 1. The molecule has 7 heteroatoms. The number of hydrogen-bond acceptors (Lipinski definition) is 4. The zero-order chi connectivity index (χ0) is 19.5. The summed E-state index contributed by atoms with van der Waals surface area (Å²) in [5, 5.41) is 9.08. The maximum Gasteiger partial charge on any atom is 0.203 e. The van der Waals surface area contributed by atoms with Crippen molar-refractivity contribution in [1.82, 2.24) is 9.55 Å². The Morgan fingerprint density at radius 2 is 2.07 bits per heavy atom. The summed E-state index contributed by atoms with van der Waals surface area (Å²) in [6.45, 7) is 0.515. The summed E-state index contributed by atoms with van der Waals surface area (Å²) in [4.78, 5) is 4.54. The van der Waals surface area contributed by atoms with Crippen molar-refractivity contribution in [2.75, 3.05) is 5.43 Å². The molecule has 0 fully saturated rings. The number of nitrogens with one attached hydrogen (secondary N) is 1. The van der Waals surface area contributed by atoms with Crippen LogP contribution in [0.15, 0.2) is 59.1 Å². The molecule has 2 aromatic heterocycles. The smallest absolute Gasteiger partial charge is 0.203 e. The average Bonchev–Trinajstić information content (AvgIpc) is 3.30. The number of benzene rings is 2. The van der Waals surface area contributed by atoms with Crippen molar-refractivity contribution in [2.24, 2.45) is 5.10 Å². The van der Waals surface area contributed by atoms with Gasteiger partial charge in [0.1, 0.15) is 0 Å². The van der Waals surface area contributed by atoms with Crippen LogP contribution in [0, 0.1) is 12.3 Å². The number of hydrogen-bond donors (Lipinski definition) is 1. The monoisotopic (exact) mass is 424 g/mol. The van der Waals surface area contributed by atoms with E-state index in [0.717, 1.165) is 27.7 Å². The van der Waals surface area contributed by atoms with E-state index in [2.05, 4.69) is 27.5 Å². The Labute approximate surface area is 176 Å². The van der Waals surface area contributed by atoms with Crippen molar-refractivity contribution < 1.29 is 0 Å². The molecule has 4 rings (SSSR count). The molecule has 138 valence electrons. The third kappa shape index (κ3) is 3.76. The predicted octanol–water partition coefficient (Wildman–Crippen LogP) is 6.15. The number of rotatable bonds is 5. The Kier molecular flexibility index (Phi) is 5.36. The normalized spacial score (nSPS) is 11.2. The van der Waals surface area contributed by atoms with Crippen LogP contribution < -0.4 is 5.43 Å². The van der Waals surface area contributed by atoms with Gasteiger partial charge in [-0.05, 0) is 18.2 Å². The second-order valence-electron chi connectivity index (χ2n) is 5.97. The summed E-state index contributed by atoms with van der Waals surface area (Å²) in [6, 6.07) is 13.5. The number of thiazole rings is 1. The van der Waals surface area contributed by atoms with Gasteiger partial charge in [-0.15, -0.1) is 17.8 Å². The summed E-state index contributed by atoms with van der Waals surface area (Å²) in [6.07, 6.45) is 9.24. The molecule has 1 N–H and O–H groups in total. The van der Waals surface area contributed by atoms with Gasteiger partial charge in [-0.25, -0.2) is 4.98 Å². The second-order valence-corrected chi connectivity index (χ2v) is 7.64. The molecule has 0 radical (unpaired) electrons. The molecule has 0 aliphatic rings. The van der Waals surface area contributed by atoms with E-state index in [1.807, 2.05) is 40.4 Å². The van der Waals surface area contributed by atoms with E-state index in [4.69, 9.17) is 29.6 Å². The van der Waals surface area contributed by atoms with Gasteiger partial charge in [0.15, 0.2) is 0 Å². The minimum Gasteiger partial charge on any atom is -0.335 e. The maximum atomic E-state index is 6.08. The fourth-order valence-corrected chi connectivity index (χ4v) is 3.84. The number of aromatic nitrogens is 2. The SMILES string of the molecule is C#CCn1cc(C=NNc2nc(-c3ccc(Cl)c(Cl)c3)cs2)c2ccccc21. The minimum atomic E-state index is 0.503. The molecule has 0 bridgehead atoms.